The molecule has 3 rings (SSSR count). The van der Waals surface area contributed by atoms with E-state index in [9.17, 15) is 19.1 Å². The summed E-state index contributed by atoms with van der Waals surface area (Å²) in [5, 5.41) is 10.6. The van der Waals surface area contributed by atoms with Crippen LogP contribution in [0.4, 0.5) is 4.39 Å². The van der Waals surface area contributed by atoms with E-state index in [2.05, 4.69) is 11.9 Å². The lowest BCUT2D eigenvalue weighted by Gasteiger charge is -2.14. The van der Waals surface area contributed by atoms with Crippen LogP contribution in [0.25, 0.3) is 0 Å². The molecule has 1 N–H and O–H groups in total. The van der Waals surface area contributed by atoms with Gasteiger partial charge >= 0.3 is 0 Å². The van der Waals surface area contributed by atoms with Gasteiger partial charge < -0.3 is 5.11 Å². The van der Waals surface area contributed by atoms with Gasteiger partial charge in [0.15, 0.2) is 11.6 Å². The van der Waals surface area contributed by atoms with Gasteiger partial charge in [-0.15, -0.1) is 0 Å². The van der Waals surface area contributed by atoms with Crippen molar-refractivity contribution < 1.29 is 19.1 Å². The van der Waals surface area contributed by atoms with Crippen molar-refractivity contribution in [1.29, 1.82) is 0 Å². The first kappa shape index (κ1) is 18.4. The molecule has 4 nitrogen and oxygen atoms in total. The van der Waals surface area contributed by atoms with Crippen molar-refractivity contribution in [3.63, 3.8) is 0 Å². The first-order valence-electron chi connectivity index (χ1n) is 8.91. The lowest BCUT2D eigenvalue weighted by atomic mass is 9.99. The molecule has 1 aliphatic carbocycles. The summed E-state index contributed by atoms with van der Waals surface area (Å²) < 4.78 is 14.0. The van der Waals surface area contributed by atoms with E-state index < -0.39 is 11.9 Å². The number of aliphatic hydroxyl groups excluding tert-OH is 1. The molecule has 1 aromatic carbocycles. The molecule has 136 valence electrons. The molecule has 1 fully saturated rings. The van der Waals surface area contributed by atoms with Crippen LogP contribution in [0.1, 0.15) is 71.3 Å². The van der Waals surface area contributed by atoms with E-state index in [0.717, 1.165) is 6.42 Å². The molecule has 2 aromatic rings. The number of aromatic nitrogens is 1. The average Bonchev–Trinajstić information content (AvgIpc) is 3.34. The summed E-state index contributed by atoms with van der Waals surface area (Å²) in [7, 11) is 0. The standard InChI is InChI=1S/C21H22FNO3/c1-3-19(24)17-9-14(20(25)11-13-8-12(13)2)10-18(23-17)21(26)15-6-4-5-7-16(15)22/h4-7,9-10,12-13,21,26H,3,8,11H2,1-2H3/t12-,13+,21?/m0/s1. The second kappa shape index (κ2) is 7.46. The fourth-order valence-corrected chi connectivity index (χ4v) is 3.07. The second-order valence-corrected chi connectivity index (χ2v) is 6.97. The van der Waals surface area contributed by atoms with Gasteiger partial charge in [0.05, 0.1) is 5.69 Å². The minimum atomic E-state index is -1.34. The normalized spacial score (nSPS) is 19.8. The van der Waals surface area contributed by atoms with Gasteiger partial charge in [-0.1, -0.05) is 32.0 Å². The van der Waals surface area contributed by atoms with Crippen LogP contribution in [0.15, 0.2) is 36.4 Å². The average molecular weight is 355 g/mol. The van der Waals surface area contributed by atoms with Crippen LogP contribution >= 0.6 is 0 Å². The number of halogens is 1. The molecule has 1 aliphatic rings. The SMILES string of the molecule is CCC(=O)c1cc(C(=O)C[C@H]2C[C@@H]2C)cc(C(O)c2ccccc2F)n1. The molecule has 1 saturated carbocycles. The van der Waals surface area contributed by atoms with E-state index in [-0.39, 0.29) is 34.9 Å². The molecule has 1 unspecified atom stereocenters. The zero-order valence-electron chi connectivity index (χ0n) is 14.9. The quantitative estimate of drug-likeness (QED) is 0.759. The molecule has 0 aliphatic heterocycles. The van der Waals surface area contributed by atoms with Crippen LogP contribution < -0.4 is 0 Å². The summed E-state index contributed by atoms with van der Waals surface area (Å²) in [6, 6.07) is 8.81. The number of pyridine rings is 1. The van der Waals surface area contributed by atoms with E-state index in [1.54, 1.807) is 13.0 Å². The number of hydrogen-bond donors (Lipinski definition) is 1. The van der Waals surface area contributed by atoms with Crippen LogP contribution in [0, 0.1) is 17.7 Å². The third kappa shape index (κ3) is 3.88. The Kier molecular flexibility index (Phi) is 5.28. The van der Waals surface area contributed by atoms with E-state index in [0.29, 0.717) is 23.8 Å². The number of aliphatic hydroxyl groups is 1. The van der Waals surface area contributed by atoms with Crippen molar-refractivity contribution in [1.82, 2.24) is 4.98 Å². The first-order valence-corrected chi connectivity index (χ1v) is 8.91. The molecule has 0 saturated heterocycles. The minimum Gasteiger partial charge on any atom is -0.382 e. The van der Waals surface area contributed by atoms with Gasteiger partial charge in [-0.3, -0.25) is 9.59 Å². The number of Topliss-reactive ketones (excluding diaryl/α,β-unsaturated/α-hetero) is 2. The molecule has 1 aromatic heterocycles. The zero-order chi connectivity index (χ0) is 18.8. The molecule has 0 bridgehead atoms. The van der Waals surface area contributed by atoms with Crippen molar-refractivity contribution in [2.24, 2.45) is 11.8 Å². The Balaban J connectivity index is 1.98. The largest absolute Gasteiger partial charge is 0.382 e. The highest BCUT2D eigenvalue weighted by atomic mass is 19.1. The molecule has 5 heteroatoms. The maximum atomic E-state index is 14.0. The Bertz CT molecular complexity index is 849. The maximum absolute atomic E-state index is 14.0. The Morgan fingerprint density at radius 1 is 1.27 bits per heavy atom. The number of carbonyl (C=O) groups is 2. The lowest BCUT2D eigenvalue weighted by Crippen LogP contribution is -2.12. The third-order valence-electron chi connectivity index (χ3n) is 4.98. The number of hydrogen-bond acceptors (Lipinski definition) is 4. The van der Waals surface area contributed by atoms with Gasteiger partial charge in [0.25, 0.3) is 0 Å². The van der Waals surface area contributed by atoms with Gasteiger partial charge in [-0.05, 0) is 36.5 Å². The first-order chi connectivity index (χ1) is 12.4. The van der Waals surface area contributed by atoms with E-state index in [1.165, 1.54) is 30.3 Å². The number of nitrogens with zero attached hydrogens (tertiary/aromatic N) is 1. The molecule has 26 heavy (non-hydrogen) atoms. The highest BCUT2D eigenvalue weighted by molar-refractivity contribution is 6.00. The summed E-state index contributed by atoms with van der Waals surface area (Å²) in [6.45, 7) is 3.81. The van der Waals surface area contributed by atoms with Crippen LogP contribution in [0.5, 0.6) is 0 Å². The van der Waals surface area contributed by atoms with E-state index in [1.807, 2.05) is 0 Å². The number of ketones is 2. The predicted octanol–water partition coefficient (Wildman–Crippen LogP) is 4.12. The van der Waals surface area contributed by atoms with Crippen molar-refractivity contribution in [2.75, 3.05) is 0 Å². The molecule has 0 amide bonds. The fourth-order valence-electron chi connectivity index (χ4n) is 3.07. The summed E-state index contributed by atoms with van der Waals surface area (Å²) in [5.74, 6) is 0.0611. The molecule has 0 radical (unpaired) electrons. The molecular weight excluding hydrogens is 333 g/mol. The maximum Gasteiger partial charge on any atom is 0.180 e. The predicted molar refractivity (Wildman–Crippen MR) is 95.5 cm³/mol. The van der Waals surface area contributed by atoms with Crippen LogP contribution in [0.2, 0.25) is 0 Å². The zero-order valence-corrected chi connectivity index (χ0v) is 14.9. The topological polar surface area (TPSA) is 67.3 Å². The van der Waals surface area contributed by atoms with Gasteiger partial charge in [0.2, 0.25) is 0 Å². The minimum absolute atomic E-state index is 0.0651. The summed E-state index contributed by atoms with van der Waals surface area (Å²) in [5.41, 5.74) is 0.658. The Morgan fingerprint density at radius 3 is 2.58 bits per heavy atom. The molecular formula is C21H22FNO3. The van der Waals surface area contributed by atoms with Crippen LogP contribution in [0.3, 0.4) is 0 Å². The summed E-state index contributed by atoms with van der Waals surface area (Å²) in [6.07, 6.45) is 0.342. The summed E-state index contributed by atoms with van der Waals surface area (Å²) in [4.78, 5) is 28.9. The second-order valence-electron chi connectivity index (χ2n) is 6.97. The fraction of sp³-hybridized carbons (Fsp3) is 0.381. The van der Waals surface area contributed by atoms with E-state index in [4.69, 9.17) is 0 Å². The number of carbonyl (C=O) groups excluding carboxylic acids is 2. The van der Waals surface area contributed by atoms with Crippen molar-refractivity contribution in [3.05, 3.63) is 64.7 Å². The van der Waals surface area contributed by atoms with Gasteiger partial charge in [-0.2, -0.15) is 0 Å². The van der Waals surface area contributed by atoms with Crippen molar-refractivity contribution >= 4 is 11.6 Å². The number of rotatable bonds is 7. The number of benzene rings is 1. The van der Waals surface area contributed by atoms with Gasteiger partial charge in [0.1, 0.15) is 17.6 Å². The highest BCUT2D eigenvalue weighted by Crippen LogP contribution is 2.41. The summed E-state index contributed by atoms with van der Waals surface area (Å²) >= 11 is 0. The van der Waals surface area contributed by atoms with Crippen molar-refractivity contribution in [2.45, 2.75) is 39.2 Å². The monoisotopic (exact) mass is 355 g/mol. The Labute approximate surface area is 152 Å². The third-order valence-corrected chi connectivity index (χ3v) is 4.98. The highest BCUT2D eigenvalue weighted by Gasteiger charge is 2.34. The Hall–Kier alpha value is -2.40. The van der Waals surface area contributed by atoms with Gasteiger partial charge in [-0.25, -0.2) is 9.37 Å². The lowest BCUT2D eigenvalue weighted by molar-refractivity contribution is 0.0974. The van der Waals surface area contributed by atoms with Gasteiger partial charge in [0, 0.05) is 24.0 Å². The smallest absolute Gasteiger partial charge is 0.180 e. The molecule has 1 heterocycles. The van der Waals surface area contributed by atoms with Crippen LogP contribution in [-0.4, -0.2) is 21.7 Å². The molecule has 0 spiro atoms. The van der Waals surface area contributed by atoms with E-state index >= 15 is 0 Å². The Morgan fingerprint density at radius 2 is 1.96 bits per heavy atom. The molecule has 3 atom stereocenters. The van der Waals surface area contributed by atoms with Crippen molar-refractivity contribution in [3.8, 4) is 0 Å². The van der Waals surface area contributed by atoms with Crippen LogP contribution in [-0.2, 0) is 0 Å².